The highest BCUT2D eigenvalue weighted by Crippen LogP contribution is 2.08. The van der Waals surface area contributed by atoms with E-state index in [4.69, 9.17) is 5.11 Å². The third-order valence-electron chi connectivity index (χ3n) is 3.27. The monoisotopic (exact) mass is 228 g/mol. The van der Waals surface area contributed by atoms with Gasteiger partial charge in [0.05, 0.1) is 6.10 Å². The second-order valence-electron chi connectivity index (χ2n) is 5.21. The van der Waals surface area contributed by atoms with Gasteiger partial charge in [0.1, 0.15) is 0 Å². The minimum atomic E-state index is -0.154. The van der Waals surface area contributed by atoms with Crippen LogP contribution in [0.2, 0.25) is 0 Å². The topological polar surface area (TPSA) is 35.5 Å². The fraction of sp³-hybridized carbons (Fsp3) is 1.00. The maximum absolute atomic E-state index is 9.14. The first-order valence-electron chi connectivity index (χ1n) is 6.82. The van der Waals surface area contributed by atoms with E-state index in [9.17, 15) is 0 Å². The van der Waals surface area contributed by atoms with Crippen LogP contribution in [-0.4, -0.2) is 48.3 Å². The number of hydrogen-bond acceptors (Lipinski definition) is 3. The molecule has 1 aliphatic rings. The molecule has 1 aliphatic heterocycles. The molecular weight excluding hydrogens is 200 g/mol. The van der Waals surface area contributed by atoms with Crippen LogP contribution in [0.1, 0.15) is 46.0 Å². The molecule has 0 spiro atoms. The van der Waals surface area contributed by atoms with E-state index in [0.717, 1.165) is 19.4 Å². The van der Waals surface area contributed by atoms with Crippen LogP contribution in [0.3, 0.4) is 0 Å². The lowest BCUT2D eigenvalue weighted by Gasteiger charge is -2.29. The van der Waals surface area contributed by atoms with Gasteiger partial charge < -0.3 is 15.3 Å². The van der Waals surface area contributed by atoms with Crippen molar-refractivity contribution in [1.29, 1.82) is 0 Å². The van der Waals surface area contributed by atoms with Crippen molar-refractivity contribution >= 4 is 0 Å². The summed E-state index contributed by atoms with van der Waals surface area (Å²) in [7, 11) is 0. The van der Waals surface area contributed by atoms with Crippen molar-refractivity contribution < 1.29 is 5.11 Å². The van der Waals surface area contributed by atoms with Crippen molar-refractivity contribution in [3.8, 4) is 0 Å². The lowest BCUT2D eigenvalue weighted by Crippen LogP contribution is -2.41. The summed E-state index contributed by atoms with van der Waals surface area (Å²) in [5, 5.41) is 12.7. The fourth-order valence-corrected chi connectivity index (χ4v) is 2.34. The maximum atomic E-state index is 9.14. The molecule has 0 aliphatic carbocycles. The third kappa shape index (κ3) is 6.46. The minimum Gasteiger partial charge on any atom is -0.393 e. The summed E-state index contributed by atoms with van der Waals surface area (Å²) in [5.74, 6) is 0. The summed E-state index contributed by atoms with van der Waals surface area (Å²) in [6.07, 6.45) is 5.97. The summed E-state index contributed by atoms with van der Waals surface area (Å²) in [6.45, 7) is 8.88. The van der Waals surface area contributed by atoms with Crippen LogP contribution in [0.4, 0.5) is 0 Å². The lowest BCUT2D eigenvalue weighted by molar-refractivity contribution is 0.179. The number of rotatable bonds is 7. The molecule has 0 aromatic heterocycles. The molecule has 0 radical (unpaired) electrons. The van der Waals surface area contributed by atoms with Gasteiger partial charge in [-0.1, -0.05) is 6.42 Å². The minimum absolute atomic E-state index is 0.154. The first-order chi connectivity index (χ1) is 7.68. The van der Waals surface area contributed by atoms with Gasteiger partial charge in [-0.3, -0.25) is 0 Å². The second-order valence-corrected chi connectivity index (χ2v) is 5.21. The van der Waals surface area contributed by atoms with Gasteiger partial charge in [0, 0.05) is 12.6 Å². The first-order valence-corrected chi connectivity index (χ1v) is 6.82. The molecule has 2 N–H and O–H groups in total. The molecular formula is C13H28N2O. The van der Waals surface area contributed by atoms with Gasteiger partial charge >= 0.3 is 0 Å². The van der Waals surface area contributed by atoms with Crippen LogP contribution in [0, 0.1) is 0 Å². The molecule has 2 unspecified atom stereocenters. The van der Waals surface area contributed by atoms with E-state index < -0.39 is 0 Å². The number of aliphatic hydroxyl groups is 1. The smallest absolute Gasteiger partial charge is 0.0512 e. The summed E-state index contributed by atoms with van der Waals surface area (Å²) in [5.41, 5.74) is 0. The molecule has 1 saturated heterocycles. The van der Waals surface area contributed by atoms with E-state index in [-0.39, 0.29) is 6.10 Å². The Morgan fingerprint density at radius 2 is 1.88 bits per heavy atom. The number of likely N-dealkylation sites (tertiary alicyclic amines) is 1. The van der Waals surface area contributed by atoms with Crippen LogP contribution in [0.5, 0.6) is 0 Å². The van der Waals surface area contributed by atoms with Crippen LogP contribution in [0.25, 0.3) is 0 Å². The summed E-state index contributed by atoms with van der Waals surface area (Å²) in [4.78, 5) is 2.57. The van der Waals surface area contributed by atoms with Crippen molar-refractivity contribution in [2.45, 2.75) is 58.1 Å². The summed E-state index contributed by atoms with van der Waals surface area (Å²) < 4.78 is 0. The Balaban J connectivity index is 1.99. The molecule has 96 valence electrons. The quantitative estimate of drug-likeness (QED) is 0.650. The molecule has 3 heteroatoms. The Morgan fingerprint density at radius 1 is 1.19 bits per heavy atom. The molecule has 2 atom stereocenters. The molecule has 1 rings (SSSR count). The van der Waals surface area contributed by atoms with E-state index in [1.165, 1.54) is 38.9 Å². The van der Waals surface area contributed by atoms with E-state index in [2.05, 4.69) is 17.1 Å². The summed E-state index contributed by atoms with van der Waals surface area (Å²) in [6, 6.07) is 0.576. The van der Waals surface area contributed by atoms with Crippen LogP contribution in [0.15, 0.2) is 0 Å². The molecule has 0 aromatic carbocycles. The normalized spacial score (nSPS) is 21.9. The van der Waals surface area contributed by atoms with Crippen molar-refractivity contribution in [3.05, 3.63) is 0 Å². The molecule has 0 amide bonds. The zero-order valence-corrected chi connectivity index (χ0v) is 10.9. The van der Waals surface area contributed by atoms with Crippen LogP contribution < -0.4 is 5.32 Å². The largest absolute Gasteiger partial charge is 0.393 e. The standard InChI is InChI=1S/C13H28N2O/c1-12(14-8-6-7-13(2)16)11-15-9-4-3-5-10-15/h12-14,16H,3-11H2,1-2H3. The van der Waals surface area contributed by atoms with Crippen molar-refractivity contribution in [2.24, 2.45) is 0 Å². The van der Waals surface area contributed by atoms with Gasteiger partial charge in [0.25, 0.3) is 0 Å². The predicted molar refractivity (Wildman–Crippen MR) is 68.7 cm³/mol. The Kier molecular flexibility index (Phi) is 7.01. The molecule has 1 heterocycles. The Labute approximate surface area is 100 Å². The number of hydrogen-bond donors (Lipinski definition) is 2. The fourth-order valence-electron chi connectivity index (χ4n) is 2.34. The molecule has 0 aromatic rings. The molecule has 3 nitrogen and oxygen atoms in total. The van der Waals surface area contributed by atoms with Crippen LogP contribution in [-0.2, 0) is 0 Å². The molecule has 0 bridgehead atoms. The van der Waals surface area contributed by atoms with E-state index in [0.29, 0.717) is 6.04 Å². The van der Waals surface area contributed by atoms with Gasteiger partial charge in [-0.15, -0.1) is 0 Å². The van der Waals surface area contributed by atoms with Gasteiger partial charge in [0.2, 0.25) is 0 Å². The molecule has 0 saturated carbocycles. The summed E-state index contributed by atoms with van der Waals surface area (Å²) >= 11 is 0. The Morgan fingerprint density at radius 3 is 2.50 bits per heavy atom. The Bertz CT molecular complexity index is 167. The zero-order chi connectivity index (χ0) is 11.8. The number of nitrogens with one attached hydrogen (secondary N) is 1. The van der Waals surface area contributed by atoms with E-state index in [1.807, 2.05) is 6.92 Å². The molecule has 1 fully saturated rings. The average Bonchev–Trinajstić information content (AvgIpc) is 2.25. The van der Waals surface area contributed by atoms with Gasteiger partial charge in [-0.25, -0.2) is 0 Å². The second kappa shape index (κ2) is 8.04. The van der Waals surface area contributed by atoms with Gasteiger partial charge in [-0.05, 0) is 59.2 Å². The van der Waals surface area contributed by atoms with Crippen molar-refractivity contribution in [2.75, 3.05) is 26.2 Å². The van der Waals surface area contributed by atoms with Gasteiger partial charge in [-0.2, -0.15) is 0 Å². The number of nitrogens with zero attached hydrogens (tertiary/aromatic N) is 1. The number of piperidine rings is 1. The van der Waals surface area contributed by atoms with Crippen LogP contribution >= 0.6 is 0 Å². The zero-order valence-electron chi connectivity index (χ0n) is 10.9. The van der Waals surface area contributed by atoms with E-state index >= 15 is 0 Å². The molecule has 16 heavy (non-hydrogen) atoms. The van der Waals surface area contributed by atoms with Crippen molar-refractivity contribution in [3.63, 3.8) is 0 Å². The maximum Gasteiger partial charge on any atom is 0.0512 e. The van der Waals surface area contributed by atoms with Gasteiger partial charge in [0.15, 0.2) is 0 Å². The third-order valence-corrected chi connectivity index (χ3v) is 3.27. The number of aliphatic hydroxyl groups excluding tert-OH is 1. The van der Waals surface area contributed by atoms with E-state index in [1.54, 1.807) is 0 Å². The van der Waals surface area contributed by atoms with Crippen molar-refractivity contribution in [1.82, 2.24) is 10.2 Å². The average molecular weight is 228 g/mol. The lowest BCUT2D eigenvalue weighted by atomic mass is 10.1. The first kappa shape index (κ1) is 13.9. The highest BCUT2D eigenvalue weighted by Gasteiger charge is 2.12. The Hall–Kier alpha value is -0.120. The predicted octanol–water partition coefficient (Wildman–Crippen LogP) is 1.61. The highest BCUT2D eigenvalue weighted by atomic mass is 16.3. The highest BCUT2D eigenvalue weighted by molar-refractivity contribution is 4.71. The SMILES string of the molecule is CC(O)CCCNC(C)CN1CCCCC1.